The Hall–Kier alpha value is -2.73. The van der Waals surface area contributed by atoms with Gasteiger partial charge in [-0.3, -0.25) is 14.5 Å². The van der Waals surface area contributed by atoms with Gasteiger partial charge in [0.05, 0.1) is 0 Å². The van der Waals surface area contributed by atoms with Crippen molar-refractivity contribution in [3.05, 3.63) is 59.8 Å². The predicted molar refractivity (Wildman–Crippen MR) is 75.3 cm³/mol. The van der Waals surface area contributed by atoms with E-state index in [-0.39, 0.29) is 5.91 Å². The molecule has 0 atom stereocenters. The smallest absolute Gasteiger partial charge is 0.258 e. The van der Waals surface area contributed by atoms with Crippen LogP contribution in [0.15, 0.2) is 48.7 Å². The van der Waals surface area contributed by atoms with Crippen LogP contribution in [0.4, 0.5) is 5.95 Å². The predicted octanol–water partition coefficient (Wildman–Crippen LogP) is 1.44. The molecule has 3 aromatic rings. The van der Waals surface area contributed by atoms with Crippen LogP contribution in [-0.2, 0) is 6.54 Å². The Balaban J connectivity index is 1.84. The highest BCUT2D eigenvalue weighted by Crippen LogP contribution is 2.10. The SMILES string of the molecule is NCc1ccc(C(=O)Nc2nnc3ccccn23)cc1. The number of rotatable bonds is 3. The minimum absolute atomic E-state index is 0.230. The van der Waals surface area contributed by atoms with E-state index < -0.39 is 0 Å². The van der Waals surface area contributed by atoms with E-state index in [4.69, 9.17) is 5.73 Å². The summed E-state index contributed by atoms with van der Waals surface area (Å²) in [5.74, 6) is 0.167. The van der Waals surface area contributed by atoms with Crippen LogP contribution >= 0.6 is 0 Å². The summed E-state index contributed by atoms with van der Waals surface area (Å²) < 4.78 is 1.71. The van der Waals surface area contributed by atoms with E-state index in [2.05, 4.69) is 15.5 Å². The van der Waals surface area contributed by atoms with E-state index in [0.717, 1.165) is 5.56 Å². The van der Waals surface area contributed by atoms with E-state index >= 15 is 0 Å². The highest BCUT2D eigenvalue weighted by molar-refractivity contribution is 6.03. The number of aromatic nitrogens is 3. The summed E-state index contributed by atoms with van der Waals surface area (Å²) in [6, 6.07) is 12.7. The Kier molecular flexibility index (Phi) is 3.14. The van der Waals surface area contributed by atoms with Crippen molar-refractivity contribution in [1.82, 2.24) is 14.6 Å². The van der Waals surface area contributed by atoms with Crippen LogP contribution in [0.1, 0.15) is 15.9 Å². The number of carbonyl (C=O) groups excluding carboxylic acids is 1. The highest BCUT2D eigenvalue weighted by atomic mass is 16.1. The first-order valence-corrected chi connectivity index (χ1v) is 6.18. The molecule has 2 aromatic heterocycles. The molecule has 1 amide bonds. The van der Waals surface area contributed by atoms with Crippen LogP contribution < -0.4 is 11.1 Å². The van der Waals surface area contributed by atoms with Gasteiger partial charge in [-0.05, 0) is 29.8 Å². The molecule has 100 valence electrons. The first-order valence-electron chi connectivity index (χ1n) is 6.18. The summed E-state index contributed by atoms with van der Waals surface area (Å²) >= 11 is 0. The number of fused-ring (bicyclic) bond motifs is 1. The molecule has 6 heteroatoms. The summed E-state index contributed by atoms with van der Waals surface area (Å²) in [5.41, 5.74) is 7.74. The topological polar surface area (TPSA) is 85.3 Å². The average molecular weight is 267 g/mol. The molecule has 2 heterocycles. The van der Waals surface area contributed by atoms with Crippen LogP contribution in [0.25, 0.3) is 5.65 Å². The molecule has 0 aliphatic rings. The Labute approximate surface area is 115 Å². The number of anilines is 1. The second kappa shape index (κ2) is 5.10. The number of nitrogens with one attached hydrogen (secondary N) is 1. The third-order valence-corrected chi connectivity index (χ3v) is 2.99. The van der Waals surface area contributed by atoms with Crippen molar-refractivity contribution in [2.24, 2.45) is 5.73 Å². The van der Waals surface area contributed by atoms with Crippen molar-refractivity contribution in [1.29, 1.82) is 0 Å². The summed E-state index contributed by atoms with van der Waals surface area (Å²) in [6.45, 7) is 0.455. The van der Waals surface area contributed by atoms with Gasteiger partial charge in [-0.1, -0.05) is 18.2 Å². The number of hydrogen-bond donors (Lipinski definition) is 2. The van der Waals surface area contributed by atoms with Crippen LogP contribution in [0, 0.1) is 0 Å². The average Bonchev–Trinajstić information content (AvgIpc) is 2.91. The molecule has 6 nitrogen and oxygen atoms in total. The van der Waals surface area contributed by atoms with Gasteiger partial charge in [0.15, 0.2) is 5.65 Å². The van der Waals surface area contributed by atoms with Gasteiger partial charge in [-0.15, -0.1) is 10.2 Å². The molecule has 0 saturated heterocycles. The molecule has 0 aliphatic carbocycles. The number of nitrogens with two attached hydrogens (primary N) is 1. The zero-order valence-electron chi connectivity index (χ0n) is 10.7. The lowest BCUT2D eigenvalue weighted by Crippen LogP contribution is -2.14. The molecular formula is C14H13N5O. The van der Waals surface area contributed by atoms with Gasteiger partial charge >= 0.3 is 0 Å². The molecule has 0 fully saturated rings. The van der Waals surface area contributed by atoms with Crippen molar-refractivity contribution in [3.63, 3.8) is 0 Å². The zero-order valence-corrected chi connectivity index (χ0v) is 10.7. The first-order chi connectivity index (χ1) is 9.78. The van der Waals surface area contributed by atoms with Gasteiger partial charge < -0.3 is 5.73 Å². The Bertz CT molecular complexity index is 748. The maximum absolute atomic E-state index is 12.1. The van der Waals surface area contributed by atoms with Crippen molar-refractivity contribution in [2.45, 2.75) is 6.54 Å². The number of pyridine rings is 1. The van der Waals surface area contributed by atoms with Gasteiger partial charge in [-0.2, -0.15) is 0 Å². The van der Waals surface area contributed by atoms with Gasteiger partial charge in [0.2, 0.25) is 5.95 Å². The Morgan fingerprint density at radius 3 is 2.70 bits per heavy atom. The van der Waals surface area contributed by atoms with Gasteiger partial charge in [0, 0.05) is 18.3 Å². The Morgan fingerprint density at radius 1 is 1.15 bits per heavy atom. The fourth-order valence-electron chi connectivity index (χ4n) is 1.89. The number of nitrogens with zero attached hydrogens (tertiary/aromatic N) is 3. The lowest BCUT2D eigenvalue weighted by molar-refractivity contribution is 0.102. The summed E-state index contributed by atoms with van der Waals surface area (Å²) in [7, 11) is 0. The van der Waals surface area contributed by atoms with Crippen molar-refractivity contribution >= 4 is 17.5 Å². The minimum Gasteiger partial charge on any atom is -0.326 e. The molecule has 0 radical (unpaired) electrons. The quantitative estimate of drug-likeness (QED) is 0.752. The van der Waals surface area contributed by atoms with Gasteiger partial charge in [0.1, 0.15) is 0 Å². The maximum atomic E-state index is 12.1. The summed E-state index contributed by atoms with van der Waals surface area (Å²) in [6.07, 6.45) is 1.79. The van der Waals surface area contributed by atoms with Gasteiger partial charge in [0.25, 0.3) is 5.91 Å². The van der Waals surface area contributed by atoms with Gasteiger partial charge in [-0.25, -0.2) is 0 Å². The van der Waals surface area contributed by atoms with Crippen LogP contribution in [-0.4, -0.2) is 20.5 Å². The molecule has 1 aromatic carbocycles. The second-order valence-electron chi connectivity index (χ2n) is 4.31. The summed E-state index contributed by atoms with van der Waals surface area (Å²) in [4.78, 5) is 12.1. The lowest BCUT2D eigenvalue weighted by Gasteiger charge is -2.04. The number of hydrogen-bond acceptors (Lipinski definition) is 4. The van der Waals surface area contributed by atoms with E-state index in [1.54, 1.807) is 22.7 Å². The molecule has 0 bridgehead atoms. The minimum atomic E-state index is -0.230. The van der Waals surface area contributed by atoms with E-state index in [9.17, 15) is 4.79 Å². The maximum Gasteiger partial charge on any atom is 0.258 e. The van der Waals surface area contributed by atoms with E-state index in [0.29, 0.717) is 23.7 Å². The third kappa shape index (κ3) is 2.24. The molecule has 0 spiro atoms. The molecular weight excluding hydrogens is 254 g/mol. The van der Waals surface area contributed by atoms with Crippen molar-refractivity contribution in [2.75, 3.05) is 5.32 Å². The summed E-state index contributed by atoms with van der Waals surface area (Å²) in [5, 5.41) is 10.7. The molecule has 20 heavy (non-hydrogen) atoms. The van der Waals surface area contributed by atoms with E-state index in [1.807, 2.05) is 30.3 Å². The number of amides is 1. The lowest BCUT2D eigenvalue weighted by atomic mass is 10.1. The first kappa shape index (κ1) is 12.3. The fraction of sp³-hybridized carbons (Fsp3) is 0.0714. The Morgan fingerprint density at radius 2 is 1.95 bits per heavy atom. The second-order valence-corrected chi connectivity index (χ2v) is 4.31. The zero-order chi connectivity index (χ0) is 13.9. The molecule has 0 saturated carbocycles. The highest BCUT2D eigenvalue weighted by Gasteiger charge is 2.10. The number of carbonyl (C=O) groups is 1. The molecule has 0 aliphatic heterocycles. The van der Waals surface area contributed by atoms with Crippen molar-refractivity contribution < 1.29 is 4.79 Å². The fourth-order valence-corrected chi connectivity index (χ4v) is 1.89. The monoisotopic (exact) mass is 267 g/mol. The molecule has 3 rings (SSSR count). The standard InChI is InChI=1S/C14H13N5O/c15-9-10-4-6-11(7-5-10)13(20)16-14-18-17-12-3-1-2-8-19(12)14/h1-8H,9,15H2,(H,16,18,20). The number of benzene rings is 1. The van der Waals surface area contributed by atoms with Crippen LogP contribution in [0.2, 0.25) is 0 Å². The van der Waals surface area contributed by atoms with Crippen molar-refractivity contribution in [3.8, 4) is 0 Å². The largest absolute Gasteiger partial charge is 0.326 e. The normalized spacial score (nSPS) is 10.7. The molecule has 0 unspecified atom stereocenters. The van der Waals surface area contributed by atoms with Crippen LogP contribution in [0.3, 0.4) is 0 Å². The third-order valence-electron chi connectivity index (χ3n) is 2.99. The molecule has 3 N–H and O–H groups in total. The van der Waals surface area contributed by atoms with Crippen LogP contribution in [0.5, 0.6) is 0 Å². The van der Waals surface area contributed by atoms with E-state index in [1.165, 1.54) is 0 Å².